The van der Waals surface area contributed by atoms with Gasteiger partial charge in [0.1, 0.15) is 0 Å². The Morgan fingerprint density at radius 3 is 2.28 bits per heavy atom. The van der Waals surface area contributed by atoms with Crippen LogP contribution in [0.25, 0.3) is 0 Å². The number of amides is 1. The number of rotatable bonds is 4. The molecule has 1 amide bonds. The van der Waals surface area contributed by atoms with Crippen LogP contribution in [0.2, 0.25) is 0 Å². The first-order valence-electron chi connectivity index (χ1n) is 9.65. The summed E-state index contributed by atoms with van der Waals surface area (Å²) in [5.74, 6) is 2.46. The number of anilines is 1. The lowest BCUT2D eigenvalue weighted by Gasteiger charge is -2.46. The lowest BCUT2D eigenvalue weighted by molar-refractivity contribution is -0.138. The lowest BCUT2D eigenvalue weighted by atomic mass is 9.58. The highest BCUT2D eigenvalue weighted by molar-refractivity contribution is 5.86. The molecule has 0 heterocycles. The van der Waals surface area contributed by atoms with Crippen LogP contribution in [0.15, 0.2) is 29.4 Å². The SMILES string of the molecule is CN(C)c1ccc(C=NNC(=O)C23CC4CCC(CC(C4)C2)C3)cc1. The molecule has 2 atom stereocenters. The summed E-state index contributed by atoms with van der Waals surface area (Å²) in [6.07, 6.45) is 10.4. The fourth-order valence-corrected chi connectivity index (χ4v) is 5.61. The summed E-state index contributed by atoms with van der Waals surface area (Å²) in [5.41, 5.74) is 4.90. The maximum atomic E-state index is 13.0. The highest BCUT2D eigenvalue weighted by atomic mass is 16.2. The second kappa shape index (κ2) is 6.47. The van der Waals surface area contributed by atoms with E-state index >= 15 is 0 Å². The molecule has 4 nitrogen and oxygen atoms in total. The van der Waals surface area contributed by atoms with Gasteiger partial charge in [0.2, 0.25) is 5.91 Å². The predicted octanol–water partition coefficient (Wildman–Crippen LogP) is 3.81. The van der Waals surface area contributed by atoms with E-state index in [2.05, 4.69) is 27.6 Å². The molecule has 4 aliphatic carbocycles. The zero-order valence-corrected chi connectivity index (χ0v) is 15.4. The summed E-state index contributed by atoms with van der Waals surface area (Å²) < 4.78 is 0. The van der Waals surface area contributed by atoms with Crippen LogP contribution in [0.4, 0.5) is 5.69 Å². The number of nitrogens with zero attached hydrogens (tertiary/aromatic N) is 2. The van der Waals surface area contributed by atoms with E-state index in [0.717, 1.165) is 48.3 Å². The molecule has 0 aliphatic heterocycles. The van der Waals surface area contributed by atoms with E-state index in [4.69, 9.17) is 0 Å². The second-order valence-electron chi connectivity index (χ2n) is 8.72. The van der Waals surface area contributed by atoms with E-state index in [1.807, 2.05) is 26.2 Å². The molecule has 4 heteroatoms. The van der Waals surface area contributed by atoms with E-state index in [0.29, 0.717) is 0 Å². The Morgan fingerprint density at radius 2 is 1.68 bits per heavy atom. The molecule has 5 rings (SSSR count). The number of hydrazone groups is 1. The van der Waals surface area contributed by atoms with E-state index < -0.39 is 0 Å². The van der Waals surface area contributed by atoms with Crippen LogP contribution in [0, 0.1) is 23.2 Å². The molecule has 4 saturated carbocycles. The van der Waals surface area contributed by atoms with Gasteiger partial charge in [-0.3, -0.25) is 4.79 Å². The smallest absolute Gasteiger partial charge is 0.246 e. The molecule has 0 radical (unpaired) electrons. The summed E-state index contributed by atoms with van der Waals surface area (Å²) in [7, 11) is 4.05. The van der Waals surface area contributed by atoms with Crippen LogP contribution in [0.5, 0.6) is 0 Å². The Balaban J connectivity index is 1.42. The maximum absolute atomic E-state index is 13.0. The second-order valence-corrected chi connectivity index (χ2v) is 8.72. The van der Waals surface area contributed by atoms with Crippen molar-refractivity contribution >= 4 is 17.8 Å². The third-order valence-corrected chi connectivity index (χ3v) is 6.63. The molecule has 1 aromatic carbocycles. The lowest BCUT2D eigenvalue weighted by Crippen LogP contribution is -2.47. The van der Waals surface area contributed by atoms with Crippen molar-refractivity contribution in [3.8, 4) is 0 Å². The zero-order valence-electron chi connectivity index (χ0n) is 15.4. The molecule has 0 saturated heterocycles. The van der Waals surface area contributed by atoms with Crippen molar-refractivity contribution in [2.24, 2.45) is 28.3 Å². The van der Waals surface area contributed by atoms with Crippen LogP contribution in [-0.4, -0.2) is 26.2 Å². The summed E-state index contributed by atoms with van der Waals surface area (Å²) in [5, 5.41) is 4.27. The number of hydrogen-bond acceptors (Lipinski definition) is 3. The van der Waals surface area contributed by atoms with Crippen molar-refractivity contribution in [3.63, 3.8) is 0 Å². The van der Waals surface area contributed by atoms with Crippen LogP contribution >= 0.6 is 0 Å². The summed E-state index contributed by atoms with van der Waals surface area (Å²) in [6.45, 7) is 0. The number of carbonyl (C=O) groups is 1. The van der Waals surface area contributed by atoms with Crippen LogP contribution in [-0.2, 0) is 4.79 Å². The van der Waals surface area contributed by atoms with Gasteiger partial charge in [0.25, 0.3) is 0 Å². The third-order valence-electron chi connectivity index (χ3n) is 6.63. The summed E-state index contributed by atoms with van der Waals surface area (Å²) >= 11 is 0. The standard InChI is InChI=1S/C21H29N3O/c1-24(2)19-7-5-15(6-8-19)14-22-23-20(25)21-11-16-3-4-17(12-21)10-18(9-16)13-21/h5-8,14,16-18H,3-4,9-13H2,1-2H3,(H,23,25). The monoisotopic (exact) mass is 339 g/mol. The topological polar surface area (TPSA) is 44.7 Å². The molecule has 134 valence electrons. The van der Waals surface area contributed by atoms with Gasteiger partial charge in [-0.15, -0.1) is 0 Å². The van der Waals surface area contributed by atoms with Crippen molar-refractivity contribution in [2.75, 3.05) is 19.0 Å². The fourth-order valence-electron chi connectivity index (χ4n) is 5.61. The molecule has 4 aliphatic rings. The highest BCUT2D eigenvalue weighted by Gasteiger charge is 2.52. The molecule has 1 aromatic rings. The first kappa shape index (κ1) is 16.6. The number of benzene rings is 1. The Hall–Kier alpha value is -1.84. The van der Waals surface area contributed by atoms with Gasteiger partial charge in [0.05, 0.1) is 11.6 Å². The van der Waals surface area contributed by atoms with Gasteiger partial charge in [0.15, 0.2) is 0 Å². The molecule has 25 heavy (non-hydrogen) atoms. The van der Waals surface area contributed by atoms with E-state index in [1.54, 1.807) is 6.21 Å². The predicted molar refractivity (Wildman–Crippen MR) is 102 cm³/mol. The minimum Gasteiger partial charge on any atom is -0.378 e. The molecule has 1 N–H and O–H groups in total. The van der Waals surface area contributed by atoms with Crippen LogP contribution < -0.4 is 10.3 Å². The normalized spacial score (nSPS) is 33.4. The minimum atomic E-state index is -0.140. The van der Waals surface area contributed by atoms with Gasteiger partial charge in [-0.25, -0.2) is 5.43 Å². The van der Waals surface area contributed by atoms with E-state index in [9.17, 15) is 4.79 Å². The number of nitrogens with one attached hydrogen (secondary N) is 1. The van der Waals surface area contributed by atoms with Crippen molar-refractivity contribution in [1.82, 2.24) is 5.43 Å². The molecule has 0 aromatic heterocycles. The van der Waals surface area contributed by atoms with E-state index in [1.165, 1.54) is 25.7 Å². The van der Waals surface area contributed by atoms with Crippen molar-refractivity contribution in [1.29, 1.82) is 0 Å². The van der Waals surface area contributed by atoms with Crippen molar-refractivity contribution < 1.29 is 4.79 Å². The Morgan fingerprint density at radius 1 is 1.08 bits per heavy atom. The van der Waals surface area contributed by atoms with Gasteiger partial charge in [-0.2, -0.15) is 5.10 Å². The molecular weight excluding hydrogens is 310 g/mol. The number of fused-ring (bicyclic) bond motifs is 1. The minimum absolute atomic E-state index is 0.140. The van der Waals surface area contributed by atoms with Gasteiger partial charge >= 0.3 is 0 Å². The molecular formula is C21H29N3O. The molecule has 4 fully saturated rings. The van der Waals surface area contributed by atoms with Crippen LogP contribution in [0.3, 0.4) is 0 Å². The summed E-state index contributed by atoms with van der Waals surface area (Å²) in [6, 6.07) is 8.18. The van der Waals surface area contributed by atoms with Gasteiger partial charge in [-0.1, -0.05) is 25.0 Å². The first-order chi connectivity index (χ1) is 12.0. The quantitative estimate of drug-likeness (QED) is 0.670. The number of hydrogen-bond donors (Lipinski definition) is 1. The molecule has 4 bridgehead atoms. The van der Waals surface area contributed by atoms with Crippen molar-refractivity contribution in [2.45, 2.75) is 44.9 Å². The fraction of sp³-hybridized carbons (Fsp3) is 0.619. The van der Waals surface area contributed by atoms with Gasteiger partial charge in [0, 0.05) is 19.8 Å². The molecule has 2 unspecified atom stereocenters. The first-order valence-corrected chi connectivity index (χ1v) is 9.65. The highest BCUT2D eigenvalue weighted by Crippen LogP contribution is 2.57. The van der Waals surface area contributed by atoms with Gasteiger partial charge < -0.3 is 4.90 Å². The van der Waals surface area contributed by atoms with Gasteiger partial charge in [-0.05, 0) is 67.6 Å². The largest absolute Gasteiger partial charge is 0.378 e. The third kappa shape index (κ3) is 3.31. The van der Waals surface area contributed by atoms with E-state index in [-0.39, 0.29) is 11.3 Å². The zero-order chi connectivity index (χ0) is 17.4. The summed E-state index contributed by atoms with van der Waals surface area (Å²) in [4.78, 5) is 15.0. The molecule has 0 spiro atoms. The average Bonchev–Trinajstić information content (AvgIpc) is 2.81. The van der Waals surface area contributed by atoms with Crippen LogP contribution in [0.1, 0.15) is 50.5 Å². The number of carbonyl (C=O) groups excluding carboxylic acids is 1. The Labute approximate surface area is 150 Å². The maximum Gasteiger partial charge on any atom is 0.246 e. The Bertz CT molecular complexity index is 648. The Kier molecular flexibility index (Phi) is 4.30. The average molecular weight is 339 g/mol. The van der Waals surface area contributed by atoms with Crippen molar-refractivity contribution in [3.05, 3.63) is 29.8 Å².